The highest BCUT2D eigenvalue weighted by molar-refractivity contribution is 5.33. The molecular weight excluding hydrogens is 321 g/mol. The van der Waals surface area contributed by atoms with Crippen molar-refractivity contribution >= 4 is 5.82 Å². The topological polar surface area (TPSA) is 82.5 Å². The minimum atomic E-state index is -4.50. The molecule has 0 aliphatic rings. The van der Waals surface area contributed by atoms with Gasteiger partial charge in [-0.25, -0.2) is 4.68 Å². The van der Waals surface area contributed by atoms with Gasteiger partial charge in [0.2, 0.25) is 0 Å². The third-order valence-corrected chi connectivity index (χ3v) is 2.82. The van der Waals surface area contributed by atoms with E-state index >= 15 is 0 Å². The van der Waals surface area contributed by atoms with Crippen LogP contribution in [0.25, 0.3) is 5.82 Å². The molecule has 0 amide bonds. The molecule has 0 bridgehead atoms. The third-order valence-electron chi connectivity index (χ3n) is 2.82. The normalized spacial score (nSPS) is 10.9. The molecule has 24 heavy (non-hydrogen) atoms. The Balaban J connectivity index is 0.000000249. The smallest absolute Gasteiger partial charge is 0.382 e. The van der Waals surface area contributed by atoms with Crippen molar-refractivity contribution in [3.63, 3.8) is 0 Å². The molecule has 0 aliphatic carbocycles. The van der Waals surface area contributed by atoms with Gasteiger partial charge in [0.25, 0.3) is 0 Å². The highest BCUT2D eigenvalue weighted by atomic mass is 19.4. The number of aromatic nitrogens is 5. The first-order valence-corrected chi connectivity index (χ1v) is 6.87. The number of pyridine rings is 1. The van der Waals surface area contributed by atoms with Crippen LogP contribution in [0.5, 0.6) is 0 Å². The monoisotopic (exact) mass is 336 g/mol. The molecule has 0 fully saturated rings. The molecule has 0 unspecified atom stereocenters. The zero-order chi connectivity index (χ0) is 17.7. The van der Waals surface area contributed by atoms with E-state index in [1.165, 1.54) is 24.6 Å². The highest BCUT2D eigenvalue weighted by Crippen LogP contribution is 2.30. The summed E-state index contributed by atoms with van der Waals surface area (Å²) in [5.74, 6) is 0.103. The molecule has 3 aromatic heterocycles. The van der Waals surface area contributed by atoms with E-state index < -0.39 is 11.9 Å². The first-order valence-electron chi connectivity index (χ1n) is 6.87. The van der Waals surface area contributed by atoms with Gasteiger partial charge in [-0.1, -0.05) is 6.07 Å². The fourth-order valence-electron chi connectivity index (χ4n) is 1.77. The number of aryl methyl sites for hydroxylation is 2. The van der Waals surface area contributed by atoms with Gasteiger partial charge in [0.05, 0.1) is 5.69 Å². The van der Waals surface area contributed by atoms with Crippen molar-refractivity contribution in [2.45, 2.75) is 20.0 Å². The predicted octanol–water partition coefficient (Wildman–Crippen LogP) is 2.96. The van der Waals surface area contributed by atoms with Crippen LogP contribution in [0.15, 0.2) is 42.7 Å². The van der Waals surface area contributed by atoms with Gasteiger partial charge < -0.3 is 5.73 Å². The number of nitrogen functional groups attached to an aromatic ring is 1. The standard InChI is InChI=1S/C9H8F3N5.C6H7N/c1-5-4-6(9(10,11)12)17(16-5)8-3-2-7(13)14-15-8;1-6-3-2-4-7-5-6/h2-4H,1H3,(H2,13,14);2-5H,1H3. The zero-order valence-corrected chi connectivity index (χ0v) is 13.0. The number of nitrogens with two attached hydrogens (primary N) is 1. The summed E-state index contributed by atoms with van der Waals surface area (Å²) in [5, 5.41) is 10.8. The Labute approximate surface area is 136 Å². The molecule has 3 rings (SSSR count). The van der Waals surface area contributed by atoms with E-state index in [1.807, 2.05) is 25.3 Å². The number of rotatable bonds is 1. The van der Waals surface area contributed by atoms with Gasteiger partial charge in [0, 0.05) is 12.4 Å². The summed E-state index contributed by atoms with van der Waals surface area (Å²) < 4.78 is 38.8. The summed E-state index contributed by atoms with van der Waals surface area (Å²) in [7, 11) is 0. The number of nitrogens with zero attached hydrogens (tertiary/aromatic N) is 5. The largest absolute Gasteiger partial charge is 0.433 e. The number of alkyl halides is 3. The molecule has 0 aliphatic heterocycles. The molecule has 0 atom stereocenters. The van der Waals surface area contributed by atoms with Crippen LogP contribution < -0.4 is 5.73 Å². The third kappa shape index (κ3) is 4.51. The molecule has 0 radical (unpaired) electrons. The minimum Gasteiger partial charge on any atom is -0.382 e. The Kier molecular flexibility index (Phi) is 5.12. The van der Waals surface area contributed by atoms with Gasteiger partial charge in [-0.3, -0.25) is 4.98 Å². The second-order valence-corrected chi connectivity index (χ2v) is 4.93. The molecule has 0 spiro atoms. The van der Waals surface area contributed by atoms with E-state index in [1.54, 1.807) is 6.20 Å². The van der Waals surface area contributed by atoms with E-state index in [0.29, 0.717) is 4.68 Å². The summed E-state index contributed by atoms with van der Waals surface area (Å²) in [6.45, 7) is 3.49. The summed E-state index contributed by atoms with van der Waals surface area (Å²) in [6, 6.07) is 7.57. The molecule has 0 saturated carbocycles. The Hall–Kier alpha value is -2.97. The summed E-state index contributed by atoms with van der Waals surface area (Å²) in [5.41, 5.74) is 5.87. The average molecular weight is 336 g/mol. The lowest BCUT2D eigenvalue weighted by Crippen LogP contribution is -2.14. The van der Waals surface area contributed by atoms with Gasteiger partial charge in [0.15, 0.2) is 5.82 Å². The highest BCUT2D eigenvalue weighted by Gasteiger charge is 2.36. The number of hydrogen-bond acceptors (Lipinski definition) is 5. The van der Waals surface area contributed by atoms with Crippen LogP contribution in [0, 0.1) is 13.8 Å². The van der Waals surface area contributed by atoms with Gasteiger partial charge in [-0.05, 0) is 43.7 Å². The van der Waals surface area contributed by atoms with Gasteiger partial charge >= 0.3 is 6.18 Å². The molecule has 126 valence electrons. The van der Waals surface area contributed by atoms with Crippen LogP contribution in [0.3, 0.4) is 0 Å². The molecule has 3 heterocycles. The Morgan fingerprint density at radius 3 is 2.29 bits per heavy atom. The Bertz CT molecular complexity index is 781. The van der Waals surface area contributed by atoms with E-state index in [4.69, 9.17) is 5.73 Å². The zero-order valence-electron chi connectivity index (χ0n) is 13.0. The van der Waals surface area contributed by atoms with E-state index in [-0.39, 0.29) is 17.3 Å². The van der Waals surface area contributed by atoms with Crippen LogP contribution in [-0.4, -0.2) is 25.0 Å². The first kappa shape index (κ1) is 17.4. The van der Waals surface area contributed by atoms with Crippen LogP contribution in [-0.2, 0) is 6.18 Å². The number of hydrogen-bond donors (Lipinski definition) is 1. The van der Waals surface area contributed by atoms with Crippen molar-refractivity contribution in [2.24, 2.45) is 0 Å². The van der Waals surface area contributed by atoms with Crippen molar-refractivity contribution in [3.8, 4) is 5.82 Å². The van der Waals surface area contributed by atoms with Gasteiger partial charge in [-0.15, -0.1) is 10.2 Å². The van der Waals surface area contributed by atoms with Crippen molar-refractivity contribution in [1.82, 2.24) is 25.0 Å². The van der Waals surface area contributed by atoms with Crippen LogP contribution in [0.2, 0.25) is 0 Å². The first-order chi connectivity index (χ1) is 11.3. The van der Waals surface area contributed by atoms with Crippen molar-refractivity contribution < 1.29 is 13.2 Å². The summed E-state index contributed by atoms with van der Waals surface area (Å²) in [4.78, 5) is 3.88. The second kappa shape index (κ2) is 7.07. The minimum absolute atomic E-state index is 0.0281. The summed E-state index contributed by atoms with van der Waals surface area (Å²) in [6.07, 6.45) is -0.892. The van der Waals surface area contributed by atoms with E-state index in [2.05, 4.69) is 20.3 Å². The number of halogens is 3. The molecule has 2 N–H and O–H groups in total. The molecule has 0 aromatic carbocycles. The Morgan fingerprint density at radius 1 is 1.08 bits per heavy atom. The second-order valence-electron chi connectivity index (χ2n) is 4.93. The van der Waals surface area contributed by atoms with Crippen molar-refractivity contribution in [3.05, 3.63) is 59.7 Å². The molecule has 9 heteroatoms. The van der Waals surface area contributed by atoms with E-state index in [9.17, 15) is 13.2 Å². The van der Waals surface area contributed by atoms with Crippen LogP contribution in [0.1, 0.15) is 17.0 Å². The Morgan fingerprint density at radius 2 is 1.83 bits per heavy atom. The molecule has 3 aromatic rings. The van der Waals surface area contributed by atoms with Crippen LogP contribution in [0.4, 0.5) is 19.0 Å². The van der Waals surface area contributed by atoms with Gasteiger partial charge in [-0.2, -0.15) is 18.3 Å². The fraction of sp³-hybridized carbons (Fsp3) is 0.200. The lowest BCUT2D eigenvalue weighted by atomic mass is 10.3. The number of anilines is 1. The van der Waals surface area contributed by atoms with Crippen molar-refractivity contribution in [2.75, 3.05) is 5.73 Å². The van der Waals surface area contributed by atoms with Gasteiger partial charge in [0.1, 0.15) is 11.5 Å². The lowest BCUT2D eigenvalue weighted by molar-refractivity contribution is -0.142. The fourth-order valence-corrected chi connectivity index (χ4v) is 1.77. The predicted molar refractivity (Wildman–Crippen MR) is 82.3 cm³/mol. The quantitative estimate of drug-likeness (QED) is 0.739. The maximum Gasteiger partial charge on any atom is 0.433 e. The van der Waals surface area contributed by atoms with Crippen LogP contribution >= 0.6 is 0 Å². The van der Waals surface area contributed by atoms with E-state index in [0.717, 1.165) is 6.07 Å². The maximum absolute atomic E-state index is 12.7. The molecular formula is C15H15F3N6. The molecule has 6 nitrogen and oxygen atoms in total. The van der Waals surface area contributed by atoms with Crippen molar-refractivity contribution in [1.29, 1.82) is 0 Å². The maximum atomic E-state index is 12.7. The lowest BCUT2D eigenvalue weighted by Gasteiger charge is -2.08. The summed E-state index contributed by atoms with van der Waals surface area (Å²) >= 11 is 0. The SMILES string of the molecule is Cc1cc(C(F)(F)F)n(-c2ccc(N)nn2)n1.Cc1cccnc1. The average Bonchev–Trinajstić information content (AvgIpc) is 2.92. The molecule has 0 saturated heterocycles.